The van der Waals surface area contributed by atoms with Crippen molar-refractivity contribution in [1.29, 1.82) is 5.26 Å². The first kappa shape index (κ1) is 16.8. The third-order valence-electron chi connectivity index (χ3n) is 4.21. The summed E-state index contributed by atoms with van der Waals surface area (Å²) in [5, 5.41) is 18.5. The minimum absolute atomic E-state index is 0.258. The smallest absolute Gasteiger partial charge is 0.119 e. The molecular formula is C18H26N2O2. The van der Waals surface area contributed by atoms with E-state index in [1.54, 1.807) is 0 Å². The van der Waals surface area contributed by atoms with Crippen molar-refractivity contribution in [3.63, 3.8) is 0 Å². The summed E-state index contributed by atoms with van der Waals surface area (Å²) >= 11 is 0. The molecule has 2 rings (SSSR count). The summed E-state index contributed by atoms with van der Waals surface area (Å²) in [5.74, 6) is 0.862. The van der Waals surface area contributed by atoms with Crippen LogP contribution in [0.15, 0.2) is 24.3 Å². The Morgan fingerprint density at radius 3 is 3.09 bits per heavy atom. The molecule has 4 heteroatoms. The molecule has 0 radical (unpaired) electrons. The van der Waals surface area contributed by atoms with Gasteiger partial charge in [-0.05, 0) is 50.4 Å². The van der Waals surface area contributed by atoms with E-state index in [4.69, 9.17) is 10.00 Å². The van der Waals surface area contributed by atoms with Crippen molar-refractivity contribution < 1.29 is 9.84 Å². The number of piperidine rings is 1. The molecule has 0 aliphatic carbocycles. The first-order valence-electron chi connectivity index (χ1n) is 8.21. The van der Waals surface area contributed by atoms with Crippen molar-refractivity contribution in [2.75, 3.05) is 13.2 Å². The average Bonchev–Trinajstić information content (AvgIpc) is 2.52. The van der Waals surface area contributed by atoms with E-state index in [2.05, 4.69) is 23.1 Å². The fraction of sp³-hybridized carbons (Fsp3) is 0.611. The molecule has 0 saturated carbocycles. The van der Waals surface area contributed by atoms with Crippen molar-refractivity contribution in [3.05, 3.63) is 29.8 Å². The fourth-order valence-corrected chi connectivity index (χ4v) is 3.07. The van der Waals surface area contributed by atoms with Crippen LogP contribution in [0.4, 0.5) is 0 Å². The van der Waals surface area contributed by atoms with Crippen molar-refractivity contribution in [2.45, 2.75) is 57.7 Å². The van der Waals surface area contributed by atoms with E-state index >= 15 is 0 Å². The van der Waals surface area contributed by atoms with Crippen LogP contribution < -0.4 is 4.74 Å². The predicted octanol–water partition coefficient (Wildman–Crippen LogP) is 3.10. The highest BCUT2D eigenvalue weighted by Gasteiger charge is 2.26. The number of rotatable bonds is 7. The first-order chi connectivity index (χ1) is 10.7. The Labute approximate surface area is 133 Å². The Morgan fingerprint density at radius 1 is 1.45 bits per heavy atom. The summed E-state index contributed by atoms with van der Waals surface area (Å²) < 4.78 is 5.69. The van der Waals surface area contributed by atoms with Crippen LogP contribution >= 0.6 is 0 Å². The molecule has 120 valence electrons. The average molecular weight is 302 g/mol. The number of nitrogens with zero attached hydrogens (tertiary/aromatic N) is 2. The summed E-state index contributed by atoms with van der Waals surface area (Å²) in [5.41, 5.74) is 1.21. The maximum Gasteiger partial charge on any atom is 0.119 e. The number of nitriles is 1. The molecule has 1 aromatic carbocycles. The number of benzene rings is 1. The molecular weight excluding hydrogens is 276 g/mol. The highest BCUT2D eigenvalue weighted by Crippen LogP contribution is 2.23. The number of aliphatic hydroxyl groups is 1. The predicted molar refractivity (Wildman–Crippen MR) is 86.5 cm³/mol. The standard InChI is InChI=1S/C18H26N2O2/c1-15(21)18-9-2-4-11-20(18)14-16-7-6-8-17(13-16)22-12-5-3-10-19/h6-8,13,15,18,21H,2-5,9,11-12,14H2,1H3. The lowest BCUT2D eigenvalue weighted by Crippen LogP contribution is -2.45. The summed E-state index contributed by atoms with van der Waals surface area (Å²) in [7, 11) is 0. The highest BCUT2D eigenvalue weighted by atomic mass is 16.5. The second kappa shape index (κ2) is 8.77. The Balaban J connectivity index is 1.92. The van der Waals surface area contributed by atoms with Crippen LogP contribution in [0.2, 0.25) is 0 Å². The van der Waals surface area contributed by atoms with E-state index in [1.165, 1.54) is 18.4 Å². The number of aliphatic hydroxyl groups excluding tert-OH is 1. The maximum absolute atomic E-state index is 9.95. The first-order valence-corrected chi connectivity index (χ1v) is 8.21. The van der Waals surface area contributed by atoms with Crippen LogP contribution in [0.3, 0.4) is 0 Å². The monoisotopic (exact) mass is 302 g/mol. The topological polar surface area (TPSA) is 56.5 Å². The van der Waals surface area contributed by atoms with Gasteiger partial charge < -0.3 is 9.84 Å². The van der Waals surface area contributed by atoms with E-state index in [0.717, 1.165) is 31.7 Å². The second-order valence-corrected chi connectivity index (χ2v) is 6.03. The zero-order chi connectivity index (χ0) is 15.8. The van der Waals surface area contributed by atoms with Gasteiger partial charge in [0.1, 0.15) is 5.75 Å². The summed E-state index contributed by atoms with van der Waals surface area (Å²) in [6, 6.07) is 10.5. The Morgan fingerprint density at radius 2 is 2.32 bits per heavy atom. The fourth-order valence-electron chi connectivity index (χ4n) is 3.07. The zero-order valence-corrected chi connectivity index (χ0v) is 13.4. The third kappa shape index (κ3) is 5.01. The van der Waals surface area contributed by atoms with Gasteiger partial charge in [0.05, 0.1) is 18.8 Å². The minimum Gasteiger partial charge on any atom is -0.494 e. The normalized spacial score (nSPS) is 20.3. The van der Waals surface area contributed by atoms with E-state index < -0.39 is 0 Å². The lowest BCUT2D eigenvalue weighted by molar-refractivity contribution is 0.0316. The molecule has 1 aliphatic heterocycles. The van der Waals surface area contributed by atoms with E-state index in [0.29, 0.717) is 13.0 Å². The molecule has 0 aromatic heterocycles. The van der Waals surface area contributed by atoms with Crippen LogP contribution in [0.25, 0.3) is 0 Å². The van der Waals surface area contributed by atoms with Gasteiger partial charge in [0.2, 0.25) is 0 Å². The zero-order valence-electron chi connectivity index (χ0n) is 13.4. The molecule has 22 heavy (non-hydrogen) atoms. The SMILES string of the molecule is CC(O)C1CCCCN1Cc1cccc(OCCCC#N)c1. The van der Waals surface area contributed by atoms with Crippen LogP contribution in [0.1, 0.15) is 44.6 Å². The summed E-state index contributed by atoms with van der Waals surface area (Å²) in [6.45, 7) is 4.36. The largest absolute Gasteiger partial charge is 0.494 e. The van der Waals surface area contributed by atoms with E-state index in [1.807, 2.05) is 19.1 Å². The van der Waals surface area contributed by atoms with Gasteiger partial charge in [-0.15, -0.1) is 0 Å². The van der Waals surface area contributed by atoms with Crippen molar-refractivity contribution in [3.8, 4) is 11.8 Å². The highest BCUT2D eigenvalue weighted by molar-refractivity contribution is 5.28. The van der Waals surface area contributed by atoms with E-state index in [-0.39, 0.29) is 12.1 Å². The van der Waals surface area contributed by atoms with Crippen LogP contribution in [-0.4, -0.2) is 35.3 Å². The van der Waals surface area contributed by atoms with E-state index in [9.17, 15) is 5.11 Å². The van der Waals surface area contributed by atoms with Gasteiger partial charge in [-0.3, -0.25) is 4.90 Å². The van der Waals surface area contributed by atoms with Crippen LogP contribution in [-0.2, 0) is 6.54 Å². The molecule has 1 fully saturated rings. The molecule has 1 heterocycles. The van der Waals surface area contributed by atoms with Gasteiger partial charge in [0.25, 0.3) is 0 Å². The molecule has 2 unspecified atom stereocenters. The van der Waals surface area contributed by atoms with Crippen LogP contribution in [0, 0.1) is 11.3 Å². The quantitative estimate of drug-likeness (QED) is 0.786. The number of likely N-dealkylation sites (tertiary alicyclic amines) is 1. The maximum atomic E-state index is 9.95. The summed E-state index contributed by atoms with van der Waals surface area (Å²) in [4.78, 5) is 2.38. The second-order valence-electron chi connectivity index (χ2n) is 6.03. The lowest BCUT2D eigenvalue weighted by Gasteiger charge is -2.37. The number of ether oxygens (including phenoxy) is 1. The van der Waals surface area contributed by atoms with Crippen molar-refractivity contribution in [1.82, 2.24) is 4.90 Å². The molecule has 1 saturated heterocycles. The lowest BCUT2D eigenvalue weighted by atomic mass is 9.97. The van der Waals surface area contributed by atoms with Crippen molar-refractivity contribution >= 4 is 0 Å². The number of unbranched alkanes of at least 4 members (excludes halogenated alkanes) is 1. The van der Waals surface area contributed by atoms with Gasteiger partial charge in [-0.1, -0.05) is 18.6 Å². The Kier molecular flexibility index (Phi) is 6.70. The molecule has 0 amide bonds. The Hall–Kier alpha value is -1.57. The van der Waals surface area contributed by atoms with Gasteiger partial charge in [0.15, 0.2) is 0 Å². The van der Waals surface area contributed by atoms with Crippen molar-refractivity contribution in [2.24, 2.45) is 0 Å². The molecule has 0 bridgehead atoms. The minimum atomic E-state index is -0.286. The molecule has 0 spiro atoms. The van der Waals surface area contributed by atoms with Gasteiger partial charge in [0, 0.05) is 19.0 Å². The summed E-state index contributed by atoms with van der Waals surface area (Å²) in [6.07, 6.45) is 4.48. The van der Waals surface area contributed by atoms with Gasteiger partial charge >= 0.3 is 0 Å². The molecule has 1 N–H and O–H groups in total. The molecule has 2 atom stereocenters. The molecule has 1 aromatic rings. The molecule has 4 nitrogen and oxygen atoms in total. The van der Waals surface area contributed by atoms with Gasteiger partial charge in [-0.25, -0.2) is 0 Å². The number of hydrogen-bond acceptors (Lipinski definition) is 4. The Bertz CT molecular complexity index is 496. The molecule has 1 aliphatic rings. The number of hydrogen-bond donors (Lipinski definition) is 1. The third-order valence-corrected chi connectivity index (χ3v) is 4.21. The van der Waals surface area contributed by atoms with Crippen LogP contribution in [0.5, 0.6) is 5.75 Å². The van der Waals surface area contributed by atoms with Gasteiger partial charge in [-0.2, -0.15) is 5.26 Å².